The van der Waals surface area contributed by atoms with Gasteiger partial charge >= 0.3 is 0 Å². The van der Waals surface area contributed by atoms with Crippen molar-refractivity contribution in [2.45, 2.75) is 45.6 Å². The van der Waals surface area contributed by atoms with Gasteiger partial charge in [0.25, 0.3) is 5.91 Å². The van der Waals surface area contributed by atoms with Gasteiger partial charge in [0, 0.05) is 11.6 Å². The van der Waals surface area contributed by atoms with E-state index in [9.17, 15) is 4.79 Å². The molecule has 1 rings (SSSR count). The third-order valence-corrected chi connectivity index (χ3v) is 2.74. The maximum Gasteiger partial charge on any atom is 0.250 e. The summed E-state index contributed by atoms with van der Waals surface area (Å²) in [6, 6.07) is 0.401. The normalized spacial score (nSPS) is 17.5. The molecule has 0 aromatic heterocycles. The van der Waals surface area contributed by atoms with Crippen molar-refractivity contribution in [3.63, 3.8) is 0 Å². The zero-order valence-corrected chi connectivity index (χ0v) is 10.9. The van der Waals surface area contributed by atoms with Crippen LogP contribution in [0.15, 0.2) is 36.5 Å². The first kappa shape index (κ1) is 13.8. The van der Waals surface area contributed by atoms with E-state index < -0.39 is 0 Å². The maximum absolute atomic E-state index is 11.6. The molecule has 0 aromatic carbocycles. The van der Waals surface area contributed by atoms with E-state index in [2.05, 4.69) is 44.0 Å². The minimum atomic E-state index is -0.0277. The Labute approximate surface area is 104 Å². The Morgan fingerprint density at radius 1 is 1.47 bits per heavy atom. The molecule has 0 radical (unpaired) electrons. The highest BCUT2D eigenvalue weighted by Crippen LogP contribution is 2.19. The second-order valence-electron chi connectivity index (χ2n) is 4.72. The van der Waals surface area contributed by atoms with E-state index in [-0.39, 0.29) is 5.91 Å². The van der Waals surface area contributed by atoms with Crippen molar-refractivity contribution in [3.8, 4) is 0 Å². The van der Waals surface area contributed by atoms with Gasteiger partial charge in [-0.15, -0.1) is 0 Å². The molecule has 0 saturated heterocycles. The number of carbonyl (C=O) groups is 1. The molecule has 1 N–H and O–H groups in total. The molecule has 1 unspecified atom stereocenters. The highest BCUT2D eigenvalue weighted by molar-refractivity contribution is 5.95. The standard InChI is InChI=1S/C15H23NO/c1-4-5-6-7-12(2)8-9-13(3)15(17)16-14-10-11-14/h5-6,8-9,12,14H,3-4,7,10-11H2,1-2H3,(H,16,17). The quantitative estimate of drug-likeness (QED) is 0.408. The van der Waals surface area contributed by atoms with E-state index in [0.29, 0.717) is 17.5 Å². The topological polar surface area (TPSA) is 29.1 Å². The maximum atomic E-state index is 11.6. The monoisotopic (exact) mass is 233 g/mol. The largest absolute Gasteiger partial charge is 0.349 e. The summed E-state index contributed by atoms with van der Waals surface area (Å²) in [7, 11) is 0. The van der Waals surface area contributed by atoms with Gasteiger partial charge in [-0.1, -0.05) is 44.7 Å². The summed E-state index contributed by atoms with van der Waals surface area (Å²) in [4.78, 5) is 11.6. The van der Waals surface area contributed by atoms with Gasteiger partial charge in [-0.05, 0) is 31.6 Å². The van der Waals surface area contributed by atoms with Crippen LogP contribution in [0.4, 0.5) is 0 Å². The van der Waals surface area contributed by atoms with E-state index in [1.54, 1.807) is 0 Å². The second-order valence-corrected chi connectivity index (χ2v) is 4.72. The van der Waals surface area contributed by atoms with Gasteiger partial charge in [0.1, 0.15) is 0 Å². The molecular weight excluding hydrogens is 210 g/mol. The molecule has 94 valence electrons. The molecule has 2 nitrogen and oxygen atoms in total. The molecule has 0 aromatic rings. The molecule has 1 saturated carbocycles. The van der Waals surface area contributed by atoms with Crippen molar-refractivity contribution < 1.29 is 4.79 Å². The fraction of sp³-hybridized carbons (Fsp3) is 0.533. The van der Waals surface area contributed by atoms with Gasteiger partial charge in [0.2, 0.25) is 0 Å². The number of hydrogen-bond acceptors (Lipinski definition) is 1. The number of nitrogens with one attached hydrogen (secondary N) is 1. The number of hydrogen-bond donors (Lipinski definition) is 1. The molecule has 1 aliphatic rings. The second kappa shape index (κ2) is 7.10. The van der Waals surface area contributed by atoms with E-state index >= 15 is 0 Å². The van der Waals surface area contributed by atoms with Crippen molar-refractivity contribution in [1.82, 2.24) is 5.32 Å². The summed E-state index contributed by atoms with van der Waals surface area (Å²) in [6.45, 7) is 8.05. The molecule has 0 heterocycles. The van der Waals surface area contributed by atoms with Gasteiger partial charge in [-0.2, -0.15) is 0 Å². The summed E-state index contributed by atoms with van der Waals surface area (Å²) in [5.74, 6) is 0.420. The molecule has 1 fully saturated rings. The number of allylic oxidation sites excluding steroid dienone is 3. The predicted octanol–water partition coefficient (Wildman–Crippen LogP) is 3.37. The molecule has 0 spiro atoms. The smallest absolute Gasteiger partial charge is 0.250 e. The van der Waals surface area contributed by atoms with Crippen LogP contribution in [0, 0.1) is 5.92 Å². The van der Waals surface area contributed by atoms with Gasteiger partial charge in [-0.3, -0.25) is 4.79 Å². The Morgan fingerprint density at radius 3 is 2.76 bits per heavy atom. The summed E-state index contributed by atoms with van der Waals surface area (Å²) in [5, 5.41) is 2.93. The number of amides is 1. The average molecular weight is 233 g/mol. The first-order valence-corrected chi connectivity index (χ1v) is 6.46. The highest BCUT2D eigenvalue weighted by atomic mass is 16.1. The minimum Gasteiger partial charge on any atom is -0.349 e. The van der Waals surface area contributed by atoms with Crippen molar-refractivity contribution >= 4 is 5.91 Å². The molecule has 2 heteroatoms. The lowest BCUT2D eigenvalue weighted by Gasteiger charge is -2.04. The number of carbonyl (C=O) groups excluding carboxylic acids is 1. The summed E-state index contributed by atoms with van der Waals surface area (Å²) in [6.07, 6.45) is 12.6. The summed E-state index contributed by atoms with van der Waals surface area (Å²) >= 11 is 0. The van der Waals surface area contributed by atoms with E-state index in [4.69, 9.17) is 0 Å². The lowest BCUT2D eigenvalue weighted by atomic mass is 10.1. The molecule has 17 heavy (non-hydrogen) atoms. The predicted molar refractivity (Wildman–Crippen MR) is 72.7 cm³/mol. The zero-order valence-electron chi connectivity index (χ0n) is 10.9. The molecule has 0 aliphatic heterocycles. The summed E-state index contributed by atoms with van der Waals surface area (Å²) < 4.78 is 0. The molecule has 1 amide bonds. The van der Waals surface area contributed by atoms with E-state index in [0.717, 1.165) is 25.7 Å². The van der Waals surface area contributed by atoms with E-state index in [1.807, 2.05) is 6.08 Å². The Balaban J connectivity index is 2.27. The first-order valence-electron chi connectivity index (χ1n) is 6.46. The third kappa shape index (κ3) is 6.10. The number of rotatable bonds is 7. The Kier molecular flexibility index (Phi) is 5.75. The third-order valence-electron chi connectivity index (χ3n) is 2.74. The first-order chi connectivity index (χ1) is 8.13. The van der Waals surface area contributed by atoms with Crippen LogP contribution in [-0.2, 0) is 4.79 Å². The zero-order chi connectivity index (χ0) is 12.7. The Hall–Kier alpha value is -1.31. The minimum absolute atomic E-state index is 0.0277. The lowest BCUT2D eigenvalue weighted by Crippen LogP contribution is -2.25. The van der Waals surface area contributed by atoms with Gasteiger partial charge < -0.3 is 5.32 Å². The molecule has 0 bridgehead atoms. The van der Waals surface area contributed by atoms with Crippen LogP contribution in [0.2, 0.25) is 0 Å². The van der Waals surface area contributed by atoms with Crippen LogP contribution >= 0.6 is 0 Å². The van der Waals surface area contributed by atoms with Crippen LogP contribution in [0.25, 0.3) is 0 Å². The Bertz CT molecular complexity index is 324. The molecule has 1 atom stereocenters. The van der Waals surface area contributed by atoms with Crippen molar-refractivity contribution in [2.75, 3.05) is 0 Å². The fourth-order valence-electron chi connectivity index (χ4n) is 1.42. The van der Waals surface area contributed by atoms with Gasteiger partial charge in [-0.25, -0.2) is 0 Å². The van der Waals surface area contributed by atoms with Crippen LogP contribution in [0.1, 0.15) is 39.5 Å². The van der Waals surface area contributed by atoms with Gasteiger partial charge in [0.05, 0.1) is 0 Å². The van der Waals surface area contributed by atoms with Crippen LogP contribution in [0.3, 0.4) is 0 Å². The summed E-state index contributed by atoms with van der Waals surface area (Å²) in [5.41, 5.74) is 0.559. The van der Waals surface area contributed by atoms with Crippen molar-refractivity contribution in [1.29, 1.82) is 0 Å². The highest BCUT2D eigenvalue weighted by Gasteiger charge is 2.23. The van der Waals surface area contributed by atoms with Crippen LogP contribution in [0.5, 0.6) is 0 Å². The van der Waals surface area contributed by atoms with Crippen molar-refractivity contribution in [3.05, 3.63) is 36.5 Å². The van der Waals surface area contributed by atoms with Gasteiger partial charge in [0.15, 0.2) is 0 Å². The van der Waals surface area contributed by atoms with Crippen molar-refractivity contribution in [2.24, 2.45) is 5.92 Å². The Morgan fingerprint density at radius 2 is 2.18 bits per heavy atom. The fourth-order valence-corrected chi connectivity index (χ4v) is 1.42. The SMILES string of the molecule is C=C(C=CC(C)CC=CCC)C(=O)NC1CC1. The van der Waals surface area contributed by atoms with E-state index in [1.165, 1.54) is 0 Å². The molecule has 1 aliphatic carbocycles. The lowest BCUT2D eigenvalue weighted by molar-refractivity contribution is -0.117. The van der Waals surface area contributed by atoms with Crippen LogP contribution < -0.4 is 5.32 Å². The molecular formula is C15H23NO. The van der Waals surface area contributed by atoms with Crippen LogP contribution in [-0.4, -0.2) is 11.9 Å². The average Bonchev–Trinajstić information content (AvgIpc) is 3.10.